The molecule has 1 heterocycles. The smallest absolute Gasteiger partial charge is 0.410 e. The number of alkyl halides is 1. The lowest BCUT2D eigenvalue weighted by Gasteiger charge is -2.34. The highest BCUT2D eigenvalue weighted by Crippen LogP contribution is 2.22. The van der Waals surface area contributed by atoms with Crippen LogP contribution in [0.2, 0.25) is 0 Å². The summed E-state index contributed by atoms with van der Waals surface area (Å²) in [5.74, 6) is -1.07. The quantitative estimate of drug-likeness (QED) is 0.725. The molecule has 0 N–H and O–H groups in total. The van der Waals surface area contributed by atoms with Crippen LogP contribution in [0.25, 0.3) is 0 Å². The summed E-state index contributed by atoms with van der Waals surface area (Å²) in [6.07, 6.45) is -1.72. The summed E-state index contributed by atoms with van der Waals surface area (Å²) in [5, 5.41) is 0. The summed E-state index contributed by atoms with van der Waals surface area (Å²) >= 11 is 0. The molecule has 0 aromatic heterocycles. The lowest BCUT2D eigenvalue weighted by Crippen LogP contribution is -2.49. The summed E-state index contributed by atoms with van der Waals surface area (Å²) in [4.78, 5) is 24.7. The van der Waals surface area contributed by atoms with Crippen molar-refractivity contribution in [3.05, 3.63) is 0 Å². The first kappa shape index (κ1) is 15.7. The molecule has 1 rings (SSSR count). The highest BCUT2D eigenvalue weighted by molar-refractivity contribution is 5.75. The summed E-state index contributed by atoms with van der Waals surface area (Å²) in [6, 6.07) is 0. The molecule has 5 nitrogen and oxygen atoms in total. The third kappa shape index (κ3) is 5.04. The molecule has 1 amide bonds. The van der Waals surface area contributed by atoms with Gasteiger partial charge in [0.2, 0.25) is 0 Å². The zero-order valence-electron chi connectivity index (χ0n) is 11.9. The lowest BCUT2D eigenvalue weighted by molar-refractivity contribution is -0.150. The summed E-state index contributed by atoms with van der Waals surface area (Å²) < 4.78 is 23.7. The number of piperidine rings is 1. The second-order valence-electron chi connectivity index (χ2n) is 5.67. The highest BCUT2D eigenvalue weighted by atomic mass is 19.1. The predicted octanol–water partition coefficient (Wildman–Crippen LogP) is 2.14. The first-order chi connectivity index (χ1) is 8.73. The van der Waals surface area contributed by atoms with Crippen LogP contribution >= 0.6 is 0 Å². The number of amides is 1. The van der Waals surface area contributed by atoms with Gasteiger partial charge in [-0.25, -0.2) is 9.18 Å². The molecule has 2 atom stereocenters. The molecule has 0 radical (unpaired) electrons. The van der Waals surface area contributed by atoms with Gasteiger partial charge in [0.25, 0.3) is 0 Å². The molecule has 1 aliphatic heterocycles. The van der Waals surface area contributed by atoms with Gasteiger partial charge in [-0.1, -0.05) is 0 Å². The summed E-state index contributed by atoms with van der Waals surface area (Å²) in [6.45, 7) is 7.27. The molecule has 0 aromatic carbocycles. The Morgan fingerprint density at radius 2 is 1.95 bits per heavy atom. The Morgan fingerprint density at radius 1 is 1.32 bits per heavy atom. The number of hydrogen-bond donors (Lipinski definition) is 0. The third-order valence-corrected chi connectivity index (χ3v) is 2.67. The zero-order valence-corrected chi connectivity index (χ0v) is 11.9. The average molecular weight is 275 g/mol. The van der Waals surface area contributed by atoms with Gasteiger partial charge in [0.15, 0.2) is 0 Å². The number of esters is 1. The van der Waals surface area contributed by atoms with Crippen LogP contribution in [-0.4, -0.2) is 48.4 Å². The number of carbonyl (C=O) groups is 2. The summed E-state index contributed by atoms with van der Waals surface area (Å²) in [7, 11) is 0. The van der Waals surface area contributed by atoms with Crippen molar-refractivity contribution in [3.8, 4) is 0 Å². The van der Waals surface area contributed by atoms with Crippen LogP contribution in [0.4, 0.5) is 9.18 Å². The highest BCUT2D eigenvalue weighted by Gasteiger charge is 2.36. The van der Waals surface area contributed by atoms with E-state index >= 15 is 0 Å². The van der Waals surface area contributed by atoms with Gasteiger partial charge in [-0.3, -0.25) is 4.79 Å². The number of ether oxygens (including phenoxy) is 2. The Hall–Kier alpha value is -1.33. The van der Waals surface area contributed by atoms with E-state index in [1.807, 2.05) is 0 Å². The van der Waals surface area contributed by atoms with Crippen molar-refractivity contribution in [2.75, 3.05) is 19.7 Å². The SMILES string of the molecule is CCOC(=O)[C@@H]1C[C@H](F)CN(C(=O)OC(C)(C)C)C1. The van der Waals surface area contributed by atoms with Crippen LogP contribution in [0.15, 0.2) is 0 Å². The molecule has 0 aromatic rings. The molecular weight excluding hydrogens is 253 g/mol. The maximum Gasteiger partial charge on any atom is 0.410 e. The molecule has 0 spiro atoms. The minimum Gasteiger partial charge on any atom is -0.466 e. The van der Waals surface area contributed by atoms with E-state index in [2.05, 4.69) is 0 Å². The van der Waals surface area contributed by atoms with E-state index in [-0.39, 0.29) is 26.1 Å². The van der Waals surface area contributed by atoms with Gasteiger partial charge >= 0.3 is 12.1 Å². The van der Waals surface area contributed by atoms with E-state index in [1.54, 1.807) is 27.7 Å². The van der Waals surface area contributed by atoms with Gasteiger partial charge in [0.1, 0.15) is 11.8 Å². The number of rotatable bonds is 2. The van der Waals surface area contributed by atoms with Crippen LogP contribution in [0.1, 0.15) is 34.1 Å². The van der Waals surface area contributed by atoms with E-state index in [9.17, 15) is 14.0 Å². The van der Waals surface area contributed by atoms with Gasteiger partial charge in [0, 0.05) is 6.54 Å². The predicted molar refractivity (Wildman–Crippen MR) is 67.4 cm³/mol. The van der Waals surface area contributed by atoms with Crippen LogP contribution in [0, 0.1) is 5.92 Å². The Balaban J connectivity index is 2.64. The fourth-order valence-electron chi connectivity index (χ4n) is 1.94. The van der Waals surface area contributed by atoms with Crippen molar-refractivity contribution >= 4 is 12.1 Å². The zero-order chi connectivity index (χ0) is 14.6. The molecule has 1 aliphatic rings. The van der Waals surface area contributed by atoms with Crippen LogP contribution in [0.5, 0.6) is 0 Å². The number of carbonyl (C=O) groups excluding carboxylic acids is 2. The van der Waals surface area contributed by atoms with Gasteiger partial charge in [-0.2, -0.15) is 0 Å². The Labute approximate surface area is 113 Å². The van der Waals surface area contributed by atoms with E-state index in [1.165, 1.54) is 4.90 Å². The van der Waals surface area contributed by atoms with Crippen LogP contribution in [0.3, 0.4) is 0 Å². The molecule has 19 heavy (non-hydrogen) atoms. The molecule has 0 saturated carbocycles. The topological polar surface area (TPSA) is 55.8 Å². The lowest BCUT2D eigenvalue weighted by atomic mass is 9.97. The normalized spacial score (nSPS) is 23.9. The second kappa shape index (κ2) is 6.21. The monoisotopic (exact) mass is 275 g/mol. The van der Waals surface area contributed by atoms with Gasteiger partial charge in [-0.05, 0) is 34.1 Å². The van der Waals surface area contributed by atoms with Crippen molar-refractivity contribution in [1.82, 2.24) is 4.90 Å². The first-order valence-electron chi connectivity index (χ1n) is 6.51. The summed E-state index contributed by atoms with van der Waals surface area (Å²) in [5.41, 5.74) is -0.639. The maximum absolute atomic E-state index is 13.6. The molecule has 1 saturated heterocycles. The van der Waals surface area contributed by atoms with Crippen molar-refractivity contribution in [3.63, 3.8) is 0 Å². The van der Waals surface area contributed by atoms with Gasteiger partial charge in [-0.15, -0.1) is 0 Å². The minimum atomic E-state index is -1.23. The van der Waals surface area contributed by atoms with E-state index in [0.29, 0.717) is 0 Å². The molecule has 110 valence electrons. The maximum atomic E-state index is 13.6. The molecular formula is C13H22FNO4. The fourth-order valence-corrected chi connectivity index (χ4v) is 1.94. The standard InChI is InChI=1S/C13H22FNO4/c1-5-18-11(16)9-6-10(14)8-15(7-9)12(17)19-13(2,3)4/h9-10H,5-8H2,1-4H3/t9-,10+/m1/s1. The second-order valence-corrected chi connectivity index (χ2v) is 5.67. The van der Waals surface area contributed by atoms with Crippen molar-refractivity contribution in [2.45, 2.75) is 45.9 Å². The van der Waals surface area contributed by atoms with Crippen molar-refractivity contribution in [1.29, 1.82) is 0 Å². The van der Waals surface area contributed by atoms with E-state index < -0.39 is 29.8 Å². The number of nitrogens with zero attached hydrogens (tertiary/aromatic N) is 1. The number of likely N-dealkylation sites (tertiary alicyclic amines) is 1. The molecule has 0 aliphatic carbocycles. The van der Waals surface area contributed by atoms with Gasteiger partial charge < -0.3 is 14.4 Å². The van der Waals surface area contributed by atoms with E-state index in [4.69, 9.17) is 9.47 Å². The largest absolute Gasteiger partial charge is 0.466 e. The first-order valence-corrected chi connectivity index (χ1v) is 6.51. The number of hydrogen-bond acceptors (Lipinski definition) is 4. The van der Waals surface area contributed by atoms with E-state index in [0.717, 1.165) is 0 Å². The third-order valence-electron chi connectivity index (χ3n) is 2.67. The molecule has 0 unspecified atom stereocenters. The molecule has 6 heteroatoms. The van der Waals surface area contributed by atoms with Crippen molar-refractivity contribution < 1.29 is 23.5 Å². The van der Waals surface area contributed by atoms with Gasteiger partial charge in [0.05, 0.1) is 19.1 Å². The Kier molecular flexibility index (Phi) is 5.14. The number of halogens is 1. The van der Waals surface area contributed by atoms with Crippen molar-refractivity contribution in [2.24, 2.45) is 5.92 Å². The van der Waals surface area contributed by atoms with Crippen LogP contribution in [-0.2, 0) is 14.3 Å². The average Bonchev–Trinajstić information content (AvgIpc) is 2.26. The molecule has 0 bridgehead atoms. The Morgan fingerprint density at radius 3 is 2.47 bits per heavy atom. The molecule has 1 fully saturated rings. The van der Waals surface area contributed by atoms with Crippen LogP contribution < -0.4 is 0 Å². The Bertz CT molecular complexity index is 340. The minimum absolute atomic E-state index is 0.0369. The fraction of sp³-hybridized carbons (Fsp3) is 0.846.